The average molecular weight is 409 g/mol. The van der Waals surface area contributed by atoms with E-state index in [1.165, 1.54) is 16.7 Å². The Hall–Kier alpha value is -2.02. The molecule has 5 nitrogen and oxygen atoms in total. The number of benzene rings is 2. The van der Waals surface area contributed by atoms with Crippen LogP contribution in [0.1, 0.15) is 20.7 Å². The highest BCUT2D eigenvalue weighted by Crippen LogP contribution is 2.25. The van der Waals surface area contributed by atoms with E-state index >= 15 is 0 Å². The van der Waals surface area contributed by atoms with Crippen LogP contribution in [-0.4, -0.2) is 40.7 Å². The second-order valence-corrected chi connectivity index (χ2v) is 7.46. The molecular weight excluding hydrogens is 395 g/mol. The third-order valence-electron chi connectivity index (χ3n) is 3.77. The van der Waals surface area contributed by atoms with Crippen LogP contribution in [0.15, 0.2) is 42.5 Å². The molecule has 8 heteroatoms. The molecule has 1 N–H and O–H groups in total. The first kappa shape index (κ1) is 18.8. The Morgan fingerprint density at radius 3 is 2.27 bits per heavy atom. The predicted molar refractivity (Wildman–Crippen MR) is 104 cm³/mol. The molecule has 3 rings (SSSR count). The number of nitrogens with zero attached hydrogens (tertiary/aromatic N) is 1. The topological polar surface area (TPSA) is 66.5 Å². The van der Waals surface area contributed by atoms with E-state index in [4.69, 9.17) is 23.2 Å². The minimum Gasteiger partial charge on any atom is -0.325 e. The normalized spacial score (nSPS) is 13.1. The van der Waals surface area contributed by atoms with Crippen molar-refractivity contribution in [1.29, 1.82) is 0 Å². The molecule has 1 aliphatic rings. The van der Waals surface area contributed by atoms with E-state index in [0.717, 1.165) is 0 Å². The number of carbonyl (C=O) groups is 3. The lowest BCUT2D eigenvalue weighted by Gasteiger charge is -2.13. The number of nitrogens with one attached hydrogen (secondary N) is 1. The van der Waals surface area contributed by atoms with Gasteiger partial charge in [0.2, 0.25) is 5.91 Å². The standard InChI is InChI=1S/C18H14Cl2N2O3S/c19-14-6-5-11(9-15(14)20)21-16(23)10-26-8-7-22-17(24)12-3-1-2-4-13(12)18(22)25/h1-6,9H,7-8,10H2,(H,21,23). The van der Waals surface area contributed by atoms with E-state index < -0.39 is 0 Å². The average Bonchev–Trinajstić information content (AvgIpc) is 2.87. The number of fused-ring (bicyclic) bond motifs is 1. The molecule has 0 saturated heterocycles. The molecule has 0 aromatic heterocycles. The first-order valence-corrected chi connectivity index (χ1v) is 9.66. The van der Waals surface area contributed by atoms with Gasteiger partial charge in [0, 0.05) is 18.0 Å². The fourth-order valence-electron chi connectivity index (χ4n) is 2.53. The minimum atomic E-state index is -0.286. The fraction of sp³-hybridized carbons (Fsp3) is 0.167. The fourth-order valence-corrected chi connectivity index (χ4v) is 3.55. The van der Waals surface area contributed by atoms with Crippen LogP contribution in [0.4, 0.5) is 5.69 Å². The Labute approximate surface area is 164 Å². The summed E-state index contributed by atoms with van der Waals surface area (Å²) < 4.78 is 0. The summed E-state index contributed by atoms with van der Waals surface area (Å²) in [4.78, 5) is 37.6. The molecular formula is C18H14Cl2N2O3S. The van der Waals surface area contributed by atoms with Gasteiger partial charge in [0.15, 0.2) is 0 Å². The largest absolute Gasteiger partial charge is 0.325 e. The number of carbonyl (C=O) groups excluding carboxylic acids is 3. The van der Waals surface area contributed by atoms with Gasteiger partial charge in [-0.05, 0) is 30.3 Å². The molecule has 1 aliphatic heterocycles. The summed E-state index contributed by atoms with van der Waals surface area (Å²) in [6.45, 7) is 0.261. The molecule has 134 valence electrons. The lowest BCUT2D eigenvalue weighted by Crippen LogP contribution is -2.32. The molecule has 1 heterocycles. The van der Waals surface area contributed by atoms with Crippen molar-refractivity contribution < 1.29 is 14.4 Å². The maximum Gasteiger partial charge on any atom is 0.261 e. The zero-order valence-electron chi connectivity index (χ0n) is 13.5. The molecule has 0 aliphatic carbocycles. The first-order chi connectivity index (χ1) is 12.5. The molecule has 0 bridgehead atoms. The van der Waals surface area contributed by atoms with Crippen molar-refractivity contribution in [2.75, 3.05) is 23.4 Å². The van der Waals surface area contributed by atoms with Crippen LogP contribution in [-0.2, 0) is 4.79 Å². The number of halogens is 2. The van der Waals surface area contributed by atoms with Crippen LogP contribution < -0.4 is 5.32 Å². The summed E-state index contributed by atoms with van der Waals surface area (Å²) >= 11 is 13.1. The Morgan fingerprint density at radius 1 is 1.00 bits per heavy atom. The zero-order valence-corrected chi connectivity index (χ0v) is 15.8. The SMILES string of the molecule is O=C(CSCCN1C(=O)c2ccccc2C1=O)Nc1ccc(Cl)c(Cl)c1. The van der Waals surface area contributed by atoms with Crippen LogP contribution >= 0.6 is 35.0 Å². The lowest BCUT2D eigenvalue weighted by molar-refractivity contribution is -0.113. The maximum absolute atomic E-state index is 12.2. The molecule has 0 fully saturated rings. The van der Waals surface area contributed by atoms with Crippen molar-refractivity contribution in [3.8, 4) is 0 Å². The van der Waals surface area contributed by atoms with Crippen molar-refractivity contribution >= 4 is 58.4 Å². The maximum atomic E-state index is 12.2. The smallest absolute Gasteiger partial charge is 0.261 e. The van der Waals surface area contributed by atoms with Gasteiger partial charge in [-0.3, -0.25) is 19.3 Å². The Balaban J connectivity index is 1.46. The number of thioether (sulfide) groups is 1. The van der Waals surface area contributed by atoms with Gasteiger partial charge in [0.1, 0.15) is 0 Å². The Morgan fingerprint density at radius 2 is 1.65 bits per heavy atom. The van der Waals surface area contributed by atoms with E-state index in [0.29, 0.717) is 32.6 Å². The molecule has 0 unspecified atom stereocenters. The minimum absolute atomic E-state index is 0.198. The summed E-state index contributed by atoms with van der Waals surface area (Å²) in [5.74, 6) is -0.0994. The van der Waals surface area contributed by atoms with Crippen LogP contribution in [0.2, 0.25) is 10.0 Å². The summed E-state index contributed by atoms with van der Waals surface area (Å²) in [5, 5.41) is 3.50. The van der Waals surface area contributed by atoms with Crippen LogP contribution in [0, 0.1) is 0 Å². The monoisotopic (exact) mass is 408 g/mol. The molecule has 2 aromatic carbocycles. The van der Waals surface area contributed by atoms with Crippen LogP contribution in [0.5, 0.6) is 0 Å². The van der Waals surface area contributed by atoms with E-state index in [1.54, 1.807) is 42.5 Å². The van der Waals surface area contributed by atoms with E-state index in [-0.39, 0.29) is 30.0 Å². The lowest BCUT2D eigenvalue weighted by atomic mass is 10.1. The molecule has 0 saturated carbocycles. The van der Waals surface area contributed by atoms with Crippen molar-refractivity contribution in [2.24, 2.45) is 0 Å². The number of anilines is 1. The predicted octanol–water partition coefficient (Wildman–Crippen LogP) is 3.96. The van der Waals surface area contributed by atoms with Gasteiger partial charge >= 0.3 is 0 Å². The van der Waals surface area contributed by atoms with Gasteiger partial charge < -0.3 is 5.32 Å². The second-order valence-electron chi connectivity index (χ2n) is 5.54. The summed E-state index contributed by atoms with van der Waals surface area (Å²) in [7, 11) is 0. The highest BCUT2D eigenvalue weighted by molar-refractivity contribution is 7.99. The third-order valence-corrected chi connectivity index (χ3v) is 5.45. The van der Waals surface area contributed by atoms with Crippen molar-refractivity contribution in [3.63, 3.8) is 0 Å². The van der Waals surface area contributed by atoms with Crippen LogP contribution in [0.3, 0.4) is 0 Å². The Bertz CT molecular complexity index is 853. The number of amides is 3. The van der Waals surface area contributed by atoms with Gasteiger partial charge in [-0.25, -0.2) is 0 Å². The third kappa shape index (κ3) is 4.03. The highest BCUT2D eigenvalue weighted by atomic mass is 35.5. The quantitative estimate of drug-likeness (QED) is 0.580. The molecule has 26 heavy (non-hydrogen) atoms. The van der Waals surface area contributed by atoms with Gasteiger partial charge in [-0.15, -0.1) is 0 Å². The van der Waals surface area contributed by atoms with Crippen molar-refractivity contribution in [2.45, 2.75) is 0 Å². The highest BCUT2D eigenvalue weighted by Gasteiger charge is 2.34. The van der Waals surface area contributed by atoms with Gasteiger partial charge in [0.05, 0.1) is 26.9 Å². The number of hydrogen-bond acceptors (Lipinski definition) is 4. The van der Waals surface area contributed by atoms with E-state index in [1.807, 2.05) is 0 Å². The molecule has 0 radical (unpaired) electrons. The first-order valence-electron chi connectivity index (χ1n) is 7.75. The molecule has 3 amide bonds. The molecule has 0 spiro atoms. The van der Waals surface area contributed by atoms with Gasteiger partial charge in [-0.1, -0.05) is 35.3 Å². The summed E-state index contributed by atoms with van der Waals surface area (Å²) in [6, 6.07) is 11.6. The summed E-state index contributed by atoms with van der Waals surface area (Å²) in [5.41, 5.74) is 1.42. The number of rotatable bonds is 6. The zero-order chi connectivity index (χ0) is 18.7. The van der Waals surface area contributed by atoms with Crippen molar-refractivity contribution in [3.05, 3.63) is 63.6 Å². The van der Waals surface area contributed by atoms with Gasteiger partial charge in [-0.2, -0.15) is 11.8 Å². The second kappa shape index (κ2) is 8.12. The molecule has 0 atom stereocenters. The number of imide groups is 1. The van der Waals surface area contributed by atoms with Gasteiger partial charge in [0.25, 0.3) is 11.8 Å². The van der Waals surface area contributed by atoms with E-state index in [9.17, 15) is 14.4 Å². The summed E-state index contributed by atoms with van der Waals surface area (Å²) in [6.07, 6.45) is 0. The van der Waals surface area contributed by atoms with Crippen molar-refractivity contribution in [1.82, 2.24) is 4.90 Å². The van der Waals surface area contributed by atoms with Crippen LogP contribution in [0.25, 0.3) is 0 Å². The Kier molecular flexibility index (Phi) is 5.86. The molecule has 2 aromatic rings. The number of hydrogen-bond donors (Lipinski definition) is 1. The van der Waals surface area contributed by atoms with E-state index in [2.05, 4.69) is 5.32 Å².